The Morgan fingerprint density at radius 3 is 2.09 bits per heavy atom. The average Bonchev–Trinajstić information content (AvgIpc) is 3.22. The number of nitrogens with zero attached hydrogens (tertiary/aromatic N) is 3. The van der Waals surface area contributed by atoms with Gasteiger partial charge in [0.2, 0.25) is 5.91 Å². The van der Waals surface area contributed by atoms with Crippen molar-refractivity contribution < 1.29 is 9.59 Å². The molecule has 1 N–H and O–H groups in total. The van der Waals surface area contributed by atoms with Crippen LogP contribution < -0.4 is 5.32 Å². The van der Waals surface area contributed by atoms with Gasteiger partial charge in [-0.25, -0.2) is 4.79 Å². The van der Waals surface area contributed by atoms with Crippen molar-refractivity contribution in [1.82, 2.24) is 19.7 Å². The van der Waals surface area contributed by atoms with Gasteiger partial charge in [0, 0.05) is 38.6 Å². The maximum Gasteiger partial charge on any atom is 0.318 e. The zero-order chi connectivity index (χ0) is 22.8. The lowest BCUT2D eigenvalue weighted by molar-refractivity contribution is -0.133. The third kappa shape index (κ3) is 6.74. The number of aromatic nitrogens is 1. The van der Waals surface area contributed by atoms with E-state index >= 15 is 0 Å². The van der Waals surface area contributed by atoms with Crippen molar-refractivity contribution in [3.8, 4) is 0 Å². The summed E-state index contributed by atoms with van der Waals surface area (Å²) in [7, 11) is 1.97. The van der Waals surface area contributed by atoms with Crippen LogP contribution in [0.1, 0.15) is 30.2 Å². The summed E-state index contributed by atoms with van der Waals surface area (Å²) in [4.78, 5) is 29.6. The Bertz CT molecular complexity index is 985. The zero-order valence-corrected chi connectivity index (χ0v) is 18.9. The van der Waals surface area contributed by atoms with Crippen molar-refractivity contribution in [3.05, 3.63) is 95.8 Å². The monoisotopic (exact) mass is 432 g/mol. The smallest absolute Gasteiger partial charge is 0.318 e. The maximum atomic E-state index is 13.3. The topological polar surface area (TPSA) is 57.6 Å². The average molecular weight is 433 g/mol. The van der Waals surface area contributed by atoms with E-state index in [9.17, 15) is 9.59 Å². The van der Waals surface area contributed by atoms with Gasteiger partial charge in [-0.05, 0) is 29.7 Å². The van der Waals surface area contributed by atoms with Crippen LogP contribution in [0.5, 0.6) is 0 Å². The molecular formula is C26H32N4O2. The molecule has 0 unspecified atom stereocenters. The van der Waals surface area contributed by atoms with Gasteiger partial charge in [-0.15, -0.1) is 0 Å². The molecule has 1 heterocycles. The Labute approximate surface area is 190 Å². The molecule has 0 aliphatic heterocycles. The second-order valence-electron chi connectivity index (χ2n) is 7.91. The van der Waals surface area contributed by atoms with Gasteiger partial charge in [-0.1, -0.05) is 67.6 Å². The van der Waals surface area contributed by atoms with Crippen molar-refractivity contribution in [2.24, 2.45) is 7.05 Å². The van der Waals surface area contributed by atoms with Gasteiger partial charge in [0.1, 0.15) is 6.54 Å². The molecule has 0 saturated heterocycles. The largest absolute Gasteiger partial charge is 0.353 e. The van der Waals surface area contributed by atoms with Crippen LogP contribution in [-0.2, 0) is 31.5 Å². The van der Waals surface area contributed by atoms with Crippen LogP contribution in [0.4, 0.5) is 4.79 Å². The molecule has 0 aliphatic carbocycles. The van der Waals surface area contributed by atoms with E-state index < -0.39 is 0 Å². The maximum absolute atomic E-state index is 13.3. The predicted molar refractivity (Wildman–Crippen MR) is 127 cm³/mol. The molecule has 0 atom stereocenters. The molecule has 1 aromatic heterocycles. The fraction of sp³-hybridized carbons (Fsp3) is 0.308. The zero-order valence-electron chi connectivity index (χ0n) is 18.9. The molecule has 3 amide bonds. The first-order chi connectivity index (χ1) is 15.6. The molecule has 168 valence electrons. The molecule has 6 nitrogen and oxygen atoms in total. The number of urea groups is 1. The first-order valence-electron chi connectivity index (χ1n) is 11.1. The minimum Gasteiger partial charge on any atom is -0.353 e. The van der Waals surface area contributed by atoms with Crippen molar-refractivity contribution in [3.63, 3.8) is 0 Å². The summed E-state index contributed by atoms with van der Waals surface area (Å²) < 4.78 is 2.02. The van der Waals surface area contributed by atoms with E-state index in [0.717, 1.165) is 23.2 Å². The van der Waals surface area contributed by atoms with Crippen LogP contribution >= 0.6 is 0 Å². The van der Waals surface area contributed by atoms with Crippen molar-refractivity contribution in [2.45, 2.75) is 33.0 Å². The van der Waals surface area contributed by atoms with E-state index in [2.05, 4.69) is 5.32 Å². The number of benzene rings is 2. The normalized spacial score (nSPS) is 10.6. The Hall–Kier alpha value is -3.54. The quantitative estimate of drug-likeness (QED) is 0.523. The van der Waals surface area contributed by atoms with Gasteiger partial charge in [0.05, 0.1) is 6.54 Å². The number of carbonyl (C=O) groups is 2. The Balaban J connectivity index is 1.69. The number of carbonyl (C=O) groups excluding carboxylic acids is 2. The summed E-state index contributed by atoms with van der Waals surface area (Å²) >= 11 is 0. The number of hydrogen-bond acceptors (Lipinski definition) is 2. The van der Waals surface area contributed by atoms with Crippen LogP contribution in [-0.4, -0.2) is 39.4 Å². The number of amides is 3. The van der Waals surface area contributed by atoms with E-state index in [0.29, 0.717) is 26.2 Å². The van der Waals surface area contributed by atoms with Crippen molar-refractivity contribution >= 4 is 11.9 Å². The number of aryl methyl sites for hydroxylation is 1. The lowest BCUT2D eigenvalue weighted by atomic mass is 10.2. The molecule has 0 radical (unpaired) electrons. The summed E-state index contributed by atoms with van der Waals surface area (Å²) in [5.74, 6) is -0.0710. The number of hydrogen-bond donors (Lipinski definition) is 1. The molecule has 3 rings (SSSR count). The van der Waals surface area contributed by atoms with Crippen LogP contribution in [0.15, 0.2) is 79.0 Å². The summed E-state index contributed by atoms with van der Waals surface area (Å²) in [6.45, 7) is 4.00. The summed E-state index contributed by atoms with van der Waals surface area (Å²) in [5, 5.41) is 2.94. The number of rotatable bonds is 10. The lowest BCUT2D eigenvalue weighted by Crippen LogP contribution is -2.46. The molecule has 3 aromatic rings. The summed E-state index contributed by atoms with van der Waals surface area (Å²) in [6, 6.07) is 23.5. The Morgan fingerprint density at radius 2 is 1.50 bits per heavy atom. The Morgan fingerprint density at radius 1 is 0.844 bits per heavy atom. The minimum absolute atomic E-state index is 0.0473. The highest BCUT2D eigenvalue weighted by molar-refractivity contribution is 5.84. The molecule has 0 spiro atoms. The van der Waals surface area contributed by atoms with E-state index in [1.54, 1.807) is 4.90 Å². The minimum atomic E-state index is -0.220. The Kier molecular flexibility index (Phi) is 8.49. The van der Waals surface area contributed by atoms with Crippen molar-refractivity contribution in [2.75, 3.05) is 13.1 Å². The molecule has 0 saturated carbocycles. The van der Waals surface area contributed by atoms with Gasteiger partial charge in [-0.3, -0.25) is 4.79 Å². The van der Waals surface area contributed by atoms with Crippen molar-refractivity contribution in [1.29, 1.82) is 0 Å². The highest BCUT2D eigenvalue weighted by Crippen LogP contribution is 2.12. The predicted octanol–water partition coefficient (Wildman–Crippen LogP) is 4.18. The van der Waals surface area contributed by atoms with Gasteiger partial charge in [0.25, 0.3) is 0 Å². The van der Waals surface area contributed by atoms with E-state index in [-0.39, 0.29) is 18.5 Å². The molecule has 6 heteroatoms. The number of nitrogens with one attached hydrogen (secondary N) is 1. The third-order valence-electron chi connectivity index (χ3n) is 5.37. The standard InChI is InChI=1S/C26H32N4O2/c1-3-16-29(26(32)27-18-22-11-6-4-7-12-22)21-25(31)30(19-23-13-8-5-9-14-23)20-24-15-10-17-28(24)2/h4-15,17H,3,16,18-21H2,1-2H3,(H,27,32). The van der Waals surface area contributed by atoms with Crippen LogP contribution in [0.3, 0.4) is 0 Å². The fourth-order valence-electron chi connectivity index (χ4n) is 3.56. The van der Waals surface area contributed by atoms with Gasteiger partial charge in [-0.2, -0.15) is 0 Å². The van der Waals surface area contributed by atoms with Gasteiger partial charge < -0.3 is 19.7 Å². The van der Waals surface area contributed by atoms with Gasteiger partial charge in [0.15, 0.2) is 0 Å². The summed E-state index contributed by atoms with van der Waals surface area (Å²) in [6.07, 6.45) is 2.75. The van der Waals surface area contributed by atoms with Crippen LogP contribution in [0.2, 0.25) is 0 Å². The van der Waals surface area contributed by atoms with E-state index in [1.807, 2.05) is 102 Å². The molecule has 0 fully saturated rings. The first kappa shape index (κ1) is 23.1. The summed E-state index contributed by atoms with van der Waals surface area (Å²) in [5.41, 5.74) is 3.13. The third-order valence-corrected chi connectivity index (χ3v) is 5.37. The fourth-order valence-corrected chi connectivity index (χ4v) is 3.56. The van der Waals surface area contributed by atoms with Crippen LogP contribution in [0.25, 0.3) is 0 Å². The molecular weight excluding hydrogens is 400 g/mol. The molecule has 32 heavy (non-hydrogen) atoms. The van der Waals surface area contributed by atoms with E-state index in [1.165, 1.54) is 0 Å². The highest BCUT2D eigenvalue weighted by Gasteiger charge is 2.22. The van der Waals surface area contributed by atoms with Gasteiger partial charge >= 0.3 is 6.03 Å². The van der Waals surface area contributed by atoms with Crippen LogP contribution in [0, 0.1) is 0 Å². The first-order valence-corrected chi connectivity index (χ1v) is 11.1. The molecule has 2 aromatic carbocycles. The highest BCUT2D eigenvalue weighted by atomic mass is 16.2. The van der Waals surface area contributed by atoms with E-state index in [4.69, 9.17) is 0 Å². The SMILES string of the molecule is CCCN(CC(=O)N(Cc1ccccc1)Cc1cccn1C)C(=O)NCc1ccccc1. The molecule has 0 aliphatic rings. The lowest BCUT2D eigenvalue weighted by Gasteiger charge is -2.28. The molecule has 0 bridgehead atoms. The second-order valence-corrected chi connectivity index (χ2v) is 7.91. The second kappa shape index (κ2) is 11.7.